The maximum Gasteiger partial charge on any atom is 0.416 e. The Balaban J connectivity index is 0.00000125. The molecule has 0 aromatic heterocycles. The van der Waals surface area contributed by atoms with Crippen molar-refractivity contribution in [2.75, 3.05) is 19.6 Å². The Hall–Kier alpha value is -1.85. The molecular weight excluding hydrogens is 558 g/mol. The third kappa shape index (κ3) is 17.6. The summed E-state index contributed by atoms with van der Waals surface area (Å²) in [6.07, 6.45) is 1.29. The minimum atomic E-state index is -4.47. The number of rotatable bonds is 8. The lowest BCUT2D eigenvalue weighted by Gasteiger charge is -2.38. The Labute approximate surface area is 247 Å². The number of alkyl halides is 4. The summed E-state index contributed by atoms with van der Waals surface area (Å²) in [5, 5.41) is 3.24. The molecular formula is C30H51F4N3O3S. The molecule has 11 heteroatoms. The number of benzene rings is 1. The van der Waals surface area contributed by atoms with Gasteiger partial charge in [-0.05, 0) is 71.6 Å². The molecule has 1 saturated heterocycles. The molecule has 1 saturated carbocycles. The van der Waals surface area contributed by atoms with Gasteiger partial charge in [0.05, 0.1) is 10.5 Å². The van der Waals surface area contributed by atoms with Crippen LogP contribution in [-0.4, -0.2) is 69.0 Å². The zero-order valence-corrected chi connectivity index (χ0v) is 26.8. The molecule has 0 bridgehead atoms. The van der Waals surface area contributed by atoms with Crippen molar-refractivity contribution in [3.63, 3.8) is 0 Å². The number of nitrogens with one attached hydrogen (secondary N) is 1. The van der Waals surface area contributed by atoms with Crippen molar-refractivity contribution in [2.24, 2.45) is 0 Å². The highest BCUT2D eigenvalue weighted by Gasteiger charge is 2.41. The van der Waals surface area contributed by atoms with Crippen LogP contribution >= 0.6 is 0 Å². The fourth-order valence-corrected chi connectivity index (χ4v) is 5.41. The molecule has 1 aromatic rings. The van der Waals surface area contributed by atoms with Gasteiger partial charge in [-0.1, -0.05) is 40.2 Å². The number of piperidine rings is 1. The molecule has 3 rings (SSSR count). The van der Waals surface area contributed by atoms with E-state index < -0.39 is 28.4 Å². The monoisotopic (exact) mass is 609 g/mol. The number of halogens is 4. The van der Waals surface area contributed by atoms with Crippen LogP contribution < -0.4 is 5.32 Å². The first-order valence-corrected chi connectivity index (χ1v) is 15.6. The van der Waals surface area contributed by atoms with E-state index in [9.17, 15) is 26.6 Å². The first kappa shape index (κ1) is 39.1. The molecule has 2 atom stereocenters. The van der Waals surface area contributed by atoms with Crippen molar-refractivity contribution in [3.05, 3.63) is 29.8 Å². The van der Waals surface area contributed by atoms with Crippen LogP contribution in [0, 0.1) is 0 Å². The molecule has 2 fully saturated rings. The highest BCUT2D eigenvalue weighted by atomic mass is 32.2. The first-order chi connectivity index (χ1) is 19.0. The normalized spacial score (nSPS) is 17.8. The number of amides is 1. The molecule has 1 heterocycles. The topological polar surface area (TPSA) is 69.7 Å². The molecule has 238 valence electrons. The number of hydrogen-bond donors (Lipinski definition) is 1. The summed E-state index contributed by atoms with van der Waals surface area (Å²) < 4.78 is 66.1. The van der Waals surface area contributed by atoms with Crippen LogP contribution in [0.5, 0.6) is 0 Å². The van der Waals surface area contributed by atoms with Crippen LogP contribution in [0.1, 0.15) is 99.5 Å². The molecule has 41 heavy (non-hydrogen) atoms. The van der Waals surface area contributed by atoms with Crippen LogP contribution in [-0.2, 0) is 26.8 Å². The van der Waals surface area contributed by atoms with Gasteiger partial charge in [0, 0.05) is 44.2 Å². The Morgan fingerprint density at radius 1 is 1.12 bits per heavy atom. The maximum atomic E-state index is 13.3. The predicted molar refractivity (Wildman–Crippen MR) is 159 cm³/mol. The largest absolute Gasteiger partial charge is 0.416 e. The van der Waals surface area contributed by atoms with E-state index in [4.69, 9.17) is 4.79 Å². The van der Waals surface area contributed by atoms with Crippen molar-refractivity contribution in [1.82, 2.24) is 14.5 Å². The van der Waals surface area contributed by atoms with E-state index in [1.165, 1.54) is 46.2 Å². The standard InChI is InChI=1S/C21H30F3N3O2S.C4H9F.C3H8.C2H4O/c1-15(2)25-11-10-20(28)26-12-4-6-18(14-26)27(17-8-9-17)30(29)19-7-3-5-16(13-19)21(22,23)24;1-4(2,3)5;1-3-2;1-2-3/h3,5,7,13,15,17-18,25H,4,6,8-12,14H2,1-2H3;1-3H3;3H2,1-2H3;2H,1H3. The average molecular weight is 610 g/mol. The van der Waals surface area contributed by atoms with Crippen LogP contribution in [0.2, 0.25) is 0 Å². The van der Waals surface area contributed by atoms with Gasteiger partial charge in [0.1, 0.15) is 22.9 Å². The molecule has 2 aliphatic rings. The first-order valence-electron chi connectivity index (χ1n) is 14.5. The summed E-state index contributed by atoms with van der Waals surface area (Å²) in [7, 11) is -1.69. The molecule has 1 amide bonds. The van der Waals surface area contributed by atoms with Gasteiger partial charge >= 0.3 is 6.18 Å². The van der Waals surface area contributed by atoms with Crippen LogP contribution in [0.25, 0.3) is 0 Å². The Bertz CT molecular complexity index is 913. The second kappa shape index (κ2) is 19.4. The van der Waals surface area contributed by atoms with Crippen molar-refractivity contribution < 1.29 is 31.4 Å². The number of carbonyl (C=O) groups excluding carboxylic acids is 2. The minimum Gasteiger partial charge on any atom is -0.341 e. The summed E-state index contributed by atoms with van der Waals surface area (Å²) in [6.45, 7) is 16.1. The molecule has 1 aromatic carbocycles. The lowest BCUT2D eigenvalue weighted by Crippen LogP contribution is -2.51. The summed E-state index contributed by atoms with van der Waals surface area (Å²) in [6, 6.07) is 5.08. The van der Waals surface area contributed by atoms with E-state index in [1.807, 2.05) is 23.1 Å². The number of carbonyl (C=O) groups is 2. The number of hydrogen-bond acceptors (Lipinski definition) is 4. The van der Waals surface area contributed by atoms with E-state index in [-0.39, 0.29) is 22.9 Å². The second-order valence-corrected chi connectivity index (χ2v) is 12.8. The lowest BCUT2D eigenvalue weighted by atomic mass is 10.1. The van der Waals surface area contributed by atoms with Gasteiger partial charge in [-0.2, -0.15) is 13.2 Å². The van der Waals surface area contributed by atoms with E-state index in [0.717, 1.165) is 44.1 Å². The average Bonchev–Trinajstić information content (AvgIpc) is 3.69. The minimum absolute atomic E-state index is 0.0634. The van der Waals surface area contributed by atoms with Gasteiger partial charge in [0.15, 0.2) is 0 Å². The molecule has 6 nitrogen and oxygen atoms in total. The van der Waals surface area contributed by atoms with Crippen molar-refractivity contribution >= 4 is 23.2 Å². The van der Waals surface area contributed by atoms with E-state index in [1.54, 1.807) is 0 Å². The van der Waals surface area contributed by atoms with Crippen molar-refractivity contribution in [2.45, 2.75) is 129 Å². The zero-order valence-electron chi connectivity index (χ0n) is 26.0. The van der Waals surface area contributed by atoms with Gasteiger partial charge in [-0.25, -0.2) is 12.9 Å². The van der Waals surface area contributed by atoms with Crippen LogP contribution in [0.4, 0.5) is 17.6 Å². The molecule has 1 aliphatic heterocycles. The predicted octanol–water partition coefficient (Wildman–Crippen LogP) is 6.95. The van der Waals surface area contributed by atoms with Crippen molar-refractivity contribution in [3.8, 4) is 0 Å². The Morgan fingerprint density at radius 2 is 1.66 bits per heavy atom. The summed E-state index contributed by atoms with van der Waals surface area (Å²) in [5.74, 6) is 0.0634. The Morgan fingerprint density at radius 3 is 2.12 bits per heavy atom. The molecule has 1 N–H and O–H groups in total. The van der Waals surface area contributed by atoms with Gasteiger partial charge < -0.3 is 15.0 Å². The number of aldehydes is 1. The fraction of sp³-hybridized carbons (Fsp3) is 0.733. The number of nitrogens with zero attached hydrogens (tertiary/aromatic N) is 2. The number of likely N-dealkylation sites (tertiary alicyclic amines) is 1. The Kier molecular flexibility index (Phi) is 18.5. The summed E-state index contributed by atoms with van der Waals surface area (Å²) in [5.41, 5.74) is -1.79. The highest BCUT2D eigenvalue weighted by Crippen LogP contribution is 2.36. The smallest absolute Gasteiger partial charge is 0.341 e. The quantitative estimate of drug-likeness (QED) is 0.256. The maximum absolute atomic E-state index is 13.3. The molecule has 2 unspecified atom stereocenters. The summed E-state index contributed by atoms with van der Waals surface area (Å²) in [4.78, 5) is 23.4. The van der Waals surface area contributed by atoms with E-state index in [2.05, 4.69) is 19.2 Å². The fourth-order valence-electron chi connectivity index (χ4n) is 3.82. The SMILES string of the molecule is CC(C)(C)F.CC(C)NCCC(=O)N1CCCC(N(C2CC2)S(=O)c2cccc(C(F)(F)F)c2)C1.CC=O.CCC. The second-order valence-electron chi connectivity index (χ2n) is 11.4. The van der Waals surface area contributed by atoms with Crippen LogP contribution in [0.15, 0.2) is 29.2 Å². The van der Waals surface area contributed by atoms with E-state index >= 15 is 0 Å². The molecule has 0 radical (unpaired) electrons. The van der Waals surface area contributed by atoms with Crippen molar-refractivity contribution in [1.29, 1.82) is 0 Å². The third-order valence-electron chi connectivity index (χ3n) is 5.46. The lowest BCUT2D eigenvalue weighted by molar-refractivity contribution is -0.137. The van der Waals surface area contributed by atoms with Gasteiger partial charge in [0.2, 0.25) is 5.91 Å². The molecule has 1 aliphatic carbocycles. The highest BCUT2D eigenvalue weighted by molar-refractivity contribution is 7.82. The third-order valence-corrected chi connectivity index (χ3v) is 7.10. The van der Waals surface area contributed by atoms with Gasteiger partial charge in [-0.15, -0.1) is 0 Å². The van der Waals surface area contributed by atoms with Gasteiger partial charge in [0.25, 0.3) is 0 Å². The zero-order chi connectivity index (χ0) is 31.8. The van der Waals surface area contributed by atoms with E-state index in [0.29, 0.717) is 32.1 Å². The van der Waals surface area contributed by atoms with Gasteiger partial charge in [-0.3, -0.25) is 4.79 Å². The summed E-state index contributed by atoms with van der Waals surface area (Å²) >= 11 is 0. The van der Waals surface area contributed by atoms with Crippen LogP contribution in [0.3, 0.4) is 0 Å². The molecule has 0 spiro atoms.